The van der Waals surface area contributed by atoms with Gasteiger partial charge in [-0.2, -0.15) is 0 Å². The van der Waals surface area contributed by atoms with E-state index < -0.39 is 6.10 Å². The summed E-state index contributed by atoms with van der Waals surface area (Å²) in [4.78, 5) is 24.7. The van der Waals surface area contributed by atoms with Crippen molar-refractivity contribution in [3.05, 3.63) is 122 Å². The SMILES string of the molecule is CC/C=C\C/C=C\C/C=C\C/C=C\C/C=C\C/C=C\C/C=C\C/C=C\CCCCCCCCCCCCCCCCCCC(=O)OC(CO)COC(=O)CCCCCCCCCCCCCCCCCCCCCCC/C=C\C/C=C\CCCCCCC. The van der Waals surface area contributed by atoms with Crippen molar-refractivity contribution in [1.82, 2.24) is 0 Å². The molecule has 0 aliphatic heterocycles. The summed E-state index contributed by atoms with van der Waals surface area (Å²) in [6, 6.07) is 0. The second kappa shape index (κ2) is 77.5. The Kier molecular flexibility index (Phi) is 74.3. The fourth-order valence-corrected chi connectivity index (χ4v) is 11.1. The van der Waals surface area contributed by atoms with Crippen molar-refractivity contribution in [1.29, 1.82) is 0 Å². The van der Waals surface area contributed by atoms with E-state index in [0.29, 0.717) is 12.8 Å². The maximum absolute atomic E-state index is 12.4. The van der Waals surface area contributed by atoms with Gasteiger partial charge >= 0.3 is 11.9 Å². The van der Waals surface area contributed by atoms with Crippen LogP contribution in [0.5, 0.6) is 0 Å². The van der Waals surface area contributed by atoms with E-state index in [1.807, 2.05) is 0 Å². The highest BCUT2D eigenvalue weighted by molar-refractivity contribution is 5.70. The van der Waals surface area contributed by atoms with Crippen LogP contribution in [0.4, 0.5) is 0 Å². The minimum atomic E-state index is -0.777. The predicted octanol–water partition coefficient (Wildman–Crippen LogP) is 26.9. The summed E-state index contributed by atoms with van der Waals surface area (Å²) in [5.41, 5.74) is 0. The number of allylic oxidation sites excluding steroid dienone is 20. The Balaban J connectivity index is 3.45. The summed E-state index contributed by atoms with van der Waals surface area (Å²) in [5, 5.41) is 9.72. The molecule has 0 aliphatic carbocycles. The Hall–Kier alpha value is -3.70. The number of carbonyl (C=O) groups is 2. The molecule has 0 fully saturated rings. The molecule has 5 heteroatoms. The highest BCUT2D eigenvalue weighted by atomic mass is 16.6. The molecule has 506 valence electrons. The standard InChI is InChI=1S/C83H144O5/c1-3-5-7-9-11-13-15-17-19-21-23-25-27-29-31-33-35-37-38-39-40-41-42-43-44-46-48-50-52-54-56-58-60-62-64-66-68-70-72-74-76-78-83(86)88-81(79-84)80-87-82(85)77-75-73-71-69-67-65-63-61-59-57-55-53-51-49-47-45-36-34-32-30-28-26-24-22-20-18-16-14-12-10-8-6-4-2/h5,7,11,13,16-19,22-25,29,31,35,37,39-40,42-43,81,84H,3-4,6,8-10,12,14-15,20-21,26-28,30,32-34,36,38,41,44-80H2,1-2H3/b7-5-,13-11-,18-16-,19-17-,24-22-,25-23-,31-29-,37-35-,40-39-,43-42-. The fraction of sp³-hybridized carbons (Fsp3) is 0.735. The molecule has 0 aromatic heterocycles. The Morgan fingerprint density at radius 3 is 0.739 bits per heavy atom. The van der Waals surface area contributed by atoms with Crippen LogP contribution in [-0.2, 0) is 19.1 Å². The largest absolute Gasteiger partial charge is 0.462 e. The van der Waals surface area contributed by atoms with Crippen LogP contribution in [-0.4, -0.2) is 36.4 Å². The van der Waals surface area contributed by atoms with Crippen LogP contribution < -0.4 is 0 Å². The number of aliphatic hydroxyl groups excluding tert-OH is 1. The molecule has 0 aromatic carbocycles. The third kappa shape index (κ3) is 74.8. The summed E-state index contributed by atoms with van der Waals surface area (Å²) in [7, 11) is 0. The van der Waals surface area contributed by atoms with E-state index in [0.717, 1.165) is 96.3 Å². The average Bonchev–Trinajstić information content (AvgIpc) is 3.56. The van der Waals surface area contributed by atoms with Crippen molar-refractivity contribution in [2.24, 2.45) is 0 Å². The lowest BCUT2D eigenvalue weighted by atomic mass is 10.0. The van der Waals surface area contributed by atoms with Gasteiger partial charge in [0.15, 0.2) is 6.10 Å². The van der Waals surface area contributed by atoms with Crippen molar-refractivity contribution in [2.45, 2.75) is 380 Å². The van der Waals surface area contributed by atoms with Crippen LogP contribution in [0, 0.1) is 0 Å². The minimum absolute atomic E-state index is 0.0654. The highest BCUT2D eigenvalue weighted by Crippen LogP contribution is 2.18. The van der Waals surface area contributed by atoms with Crippen LogP contribution in [0.2, 0.25) is 0 Å². The molecule has 0 radical (unpaired) electrons. The number of esters is 2. The van der Waals surface area contributed by atoms with Crippen molar-refractivity contribution >= 4 is 11.9 Å². The normalized spacial score (nSPS) is 12.9. The van der Waals surface area contributed by atoms with Crippen LogP contribution in [0.3, 0.4) is 0 Å². The number of ether oxygens (including phenoxy) is 2. The lowest BCUT2D eigenvalue weighted by Gasteiger charge is -2.15. The van der Waals surface area contributed by atoms with E-state index in [1.54, 1.807) is 0 Å². The first-order chi connectivity index (χ1) is 43.6. The van der Waals surface area contributed by atoms with Crippen LogP contribution in [0.1, 0.15) is 373 Å². The van der Waals surface area contributed by atoms with Crippen molar-refractivity contribution in [3.8, 4) is 0 Å². The predicted molar refractivity (Wildman–Crippen MR) is 389 cm³/mol. The van der Waals surface area contributed by atoms with Gasteiger partial charge in [0.2, 0.25) is 0 Å². The second-order valence-electron chi connectivity index (χ2n) is 25.3. The zero-order valence-corrected chi connectivity index (χ0v) is 58.2. The smallest absolute Gasteiger partial charge is 0.306 e. The molecule has 0 bridgehead atoms. The molecular weight excluding hydrogens is 1080 g/mol. The number of hydrogen-bond acceptors (Lipinski definition) is 5. The third-order valence-electron chi connectivity index (χ3n) is 16.7. The Morgan fingerprint density at radius 2 is 0.489 bits per heavy atom. The van der Waals surface area contributed by atoms with Crippen molar-refractivity contribution in [3.63, 3.8) is 0 Å². The average molecular weight is 1220 g/mol. The second-order valence-corrected chi connectivity index (χ2v) is 25.3. The molecule has 88 heavy (non-hydrogen) atoms. The lowest BCUT2D eigenvalue weighted by molar-refractivity contribution is -0.161. The molecule has 0 aliphatic rings. The minimum Gasteiger partial charge on any atom is -0.462 e. The van der Waals surface area contributed by atoms with Crippen molar-refractivity contribution in [2.75, 3.05) is 13.2 Å². The Labute approximate surface area is 547 Å². The molecule has 5 nitrogen and oxygen atoms in total. The van der Waals surface area contributed by atoms with E-state index in [9.17, 15) is 14.7 Å². The monoisotopic (exact) mass is 1220 g/mol. The molecule has 0 saturated carbocycles. The third-order valence-corrected chi connectivity index (χ3v) is 16.7. The topological polar surface area (TPSA) is 72.8 Å². The van der Waals surface area contributed by atoms with Gasteiger partial charge in [0.25, 0.3) is 0 Å². The quantitative estimate of drug-likeness (QED) is 0.0373. The maximum atomic E-state index is 12.4. The van der Waals surface area contributed by atoms with Crippen LogP contribution >= 0.6 is 0 Å². The van der Waals surface area contributed by atoms with Gasteiger partial charge in [-0.05, 0) is 109 Å². The number of hydrogen-bond donors (Lipinski definition) is 1. The molecule has 0 saturated heterocycles. The number of unbranched alkanes of at least 4 members (excludes halogenated alkanes) is 42. The molecule has 1 atom stereocenters. The van der Waals surface area contributed by atoms with Gasteiger partial charge in [0.05, 0.1) is 6.61 Å². The lowest BCUT2D eigenvalue weighted by Crippen LogP contribution is -2.28. The summed E-state index contributed by atoms with van der Waals surface area (Å²) >= 11 is 0. The van der Waals surface area contributed by atoms with Gasteiger partial charge in [-0.3, -0.25) is 9.59 Å². The van der Waals surface area contributed by atoms with Gasteiger partial charge in [-0.1, -0.05) is 373 Å². The van der Waals surface area contributed by atoms with Crippen LogP contribution in [0.15, 0.2) is 122 Å². The first-order valence-electron chi connectivity index (χ1n) is 38.1. The summed E-state index contributed by atoms with van der Waals surface area (Å²) in [5.74, 6) is -0.576. The summed E-state index contributed by atoms with van der Waals surface area (Å²) in [6.07, 6.45) is 114. The van der Waals surface area contributed by atoms with Crippen molar-refractivity contribution < 1.29 is 24.2 Å². The fourth-order valence-electron chi connectivity index (χ4n) is 11.1. The molecule has 0 aromatic rings. The first kappa shape index (κ1) is 84.3. The zero-order chi connectivity index (χ0) is 63.3. The molecule has 0 rings (SSSR count). The van der Waals surface area contributed by atoms with Gasteiger partial charge in [-0.15, -0.1) is 0 Å². The molecule has 1 N–H and O–H groups in total. The zero-order valence-electron chi connectivity index (χ0n) is 58.2. The van der Waals surface area contributed by atoms with E-state index in [-0.39, 0.29) is 25.2 Å². The molecule has 0 spiro atoms. The maximum Gasteiger partial charge on any atom is 0.306 e. The molecular formula is C83H144O5. The molecule has 1 unspecified atom stereocenters. The molecule has 0 amide bonds. The summed E-state index contributed by atoms with van der Waals surface area (Å²) < 4.78 is 10.8. The highest BCUT2D eigenvalue weighted by Gasteiger charge is 2.16. The Morgan fingerprint density at radius 1 is 0.273 bits per heavy atom. The van der Waals surface area contributed by atoms with Gasteiger partial charge < -0.3 is 14.6 Å². The summed E-state index contributed by atoms with van der Waals surface area (Å²) in [6.45, 7) is 4.05. The van der Waals surface area contributed by atoms with Gasteiger partial charge in [-0.25, -0.2) is 0 Å². The van der Waals surface area contributed by atoms with E-state index in [2.05, 4.69) is 135 Å². The number of carbonyl (C=O) groups excluding carboxylic acids is 2. The van der Waals surface area contributed by atoms with Gasteiger partial charge in [0.1, 0.15) is 6.61 Å². The molecule has 0 heterocycles. The van der Waals surface area contributed by atoms with Gasteiger partial charge in [0, 0.05) is 12.8 Å². The first-order valence-corrected chi connectivity index (χ1v) is 38.1. The number of rotatable bonds is 70. The number of aliphatic hydroxyl groups is 1. The van der Waals surface area contributed by atoms with E-state index in [1.165, 1.54) is 250 Å². The van der Waals surface area contributed by atoms with Crippen LogP contribution in [0.25, 0.3) is 0 Å². The Bertz CT molecular complexity index is 1720. The van der Waals surface area contributed by atoms with E-state index in [4.69, 9.17) is 9.47 Å². The van der Waals surface area contributed by atoms with E-state index >= 15 is 0 Å².